The summed E-state index contributed by atoms with van der Waals surface area (Å²) in [6.07, 6.45) is 3.50. The van der Waals surface area contributed by atoms with E-state index in [9.17, 15) is 4.39 Å². The number of ether oxygens (including phenoxy) is 1. The van der Waals surface area contributed by atoms with E-state index in [0.717, 1.165) is 18.6 Å². The average Bonchev–Trinajstić information content (AvgIpc) is 2.98. The van der Waals surface area contributed by atoms with E-state index in [2.05, 4.69) is 12.2 Å². The number of aryl methyl sites for hydroxylation is 1. The van der Waals surface area contributed by atoms with Crippen molar-refractivity contribution in [1.82, 2.24) is 5.32 Å². The monoisotopic (exact) mass is 291 g/mol. The van der Waals surface area contributed by atoms with Gasteiger partial charge in [0.05, 0.1) is 13.4 Å². The number of hydrogen-bond acceptors (Lipinski definition) is 3. The molecule has 0 amide bonds. The number of rotatable bonds is 7. The standard InChI is InChI=1S/C17H22FNO2/c1-12(6-7-14-5-4-10-21-14)19-13(2)16-9-8-15(20-3)11-17(16)18/h4-5,8-13,19H,6-7H2,1-3H3. The van der Waals surface area contributed by atoms with Crippen LogP contribution in [0.2, 0.25) is 0 Å². The number of halogens is 1. The predicted octanol–water partition coefficient (Wildman–Crippen LogP) is 4.10. The maximum atomic E-state index is 14.0. The Labute approximate surface area is 125 Å². The fourth-order valence-electron chi connectivity index (χ4n) is 2.40. The van der Waals surface area contributed by atoms with Crippen molar-refractivity contribution in [3.8, 4) is 5.75 Å². The molecule has 2 unspecified atom stereocenters. The van der Waals surface area contributed by atoms with Gasteiger partial charge < -0.3 is 14.5 Å². The van der Waals surface area contributed by atoms with Gasteiger partial charge in [0.1, 0.15) is 17.3 Å². The molecule has 21 heavy (non-hydrogen) atoms. The SMILES string of the molecule is COc1ccc(C(C)NC(C)CCc2ccco2)c(F)c1. The summed E-state index contributed by atoms with van der Waals surface area (Å²) < 4.78 is 24.3. The molecule has 0 aliphatic rings. The van der Waals surface area contributed by atoms with Crippen molar-refractivity contribution in [2.45, 2.75) is 38.8 Å². The van der Waals surface area contributed by atoms with E-state index >= 15 is 0 Å². The van der Waals surface area contributed by atoms with Crippen molar-refractivity contribution in [2.75, 3.05) is 7.11 Å². The number of furan rings is 1. The summed E-state index contributed by atoms with van der Waals surface area (Å²) >= 11 is 0. The molecule has 0 spiro atoms. The molecule has 114 valence electrons. The lowest BCUT2D eigenvalue weighted by molar-refractivity contribution is 0.405. The Kier molecular flexibility index (Phi) is 5.39. The Bertz CT molecular complexity index is 554. The highest BCUT2D eigenvalue weighted by molar-refractivity contribution is 5.30. The Balaban J connectivity index is 1.89. The number of hydrogen-bond donors (Lipinski definition) is 1. The van der Waals surface area contributed by atoms with Gasteiger partial charge in [-0.3, -0.25) is 0 Å². The first kappa shape index (κ1) is 15.6. The minimum Gasteiger partial charge on any atom is -0.497 e. The molecule has 2 atom stereocenters. The van der Waals surface area contributed by atoms with Gasteiger partial charge in [-0.1, -0.05) is 6.07 Å². The van der Waals surface area contributed by atoms with E-state index in [1.807, 2.05) is 19.1 Å². The van der Waals surface area contributed by atoms with Crippen LogP contribution >= 0.6 is 0 Å². The lowest BCUT2D eigenvalue weighted by Gasteiger charge is -2.20. The van der Waals surface area contributed by atoms with Gasteiger partial charge in [-0.25, -0.2) is 4.39 Å². The van der Waals surface area contributed by atoms with Crippen LogP contribution in [0.15, 0.2) is 41.0 Å². The summed E-state index contributed by atoms with van der Waals surface area (Å²) in [5.41, 5.74) is 0.653. The van der Waals surface area contributed by atoms with E-state index in [0.29, 0.717) is 11.3 Å². The van der Waals surface area contributed by atoms with Gasteiger partial charge in [-0.05, 0) is 38.5 Å². The topological polar surface area (TPSA) is 34.4 Å². The molecule has 1 N–H and O–H groups in total. The summed E-state index contributed by atoms with van der Waals surface area (Å²) in [6.45, 7) is 4.06. The van der Waals surface area contributed by atoms with Crippen LogP contribution in [0.1, 0.15) is 37.6 Å². The third-order valence-corrected chi connectivity index (χ3v) is 3.61. The summed E-state index contributed by atoms with van der Waals surface area (Å²) in [5, 5.41) is 3.41. The van der Waals surface area contributed by atoms with Gasteiger partial charge in [0.25, 0.3) is 0 Å². The molecule has 0 aliphatic heterocycles. The van der Waals surface area contributed by atoms with Crippen LogP contribution in [0.25, 0.3) is 0 Å². The molecule has 0 saturated heterocycles. The Morgan fingerprint density at radius 2 is 2.10 bits per heavy atom. The fraction of sp³-hybridized carbons (Fsp3) is 0.412. The third-order valence-electron chi connectivity index (χ3n) is 3.61. The highest BCUT2D eigenvalue weighted by atomic mass is 19.1. The molecule has 0 bridgehead atoms. The molecular weight excluding hydrogens is 269 g/mol. The lowest BCUT2D eigenvalue weighted by Crippen LogP contribution is -2.29. The second kappa shape index (κ2) is 7.27. The van der Waals surface area contributed by atoms with E-state index in [-0.39, 0.29) is 17.9 Å². The van der Waals surface area contributed by atoms with Crippen LogP contribution in [0.5, 0.6) is 5.75 Å². The van der Waals surface area contributed by atoms with Crippen LogP contribution in [-0.4, -0.2) is 13.2 Å². The lowest BCUT2D eigenvalue weighted by atomic mass is 10.0. The summed E-state index contributed by atoms with van der Waals surface area (Å²) in [6, 6.07) is 9.05. The van der Waals surface area contributed by atoms with E-state index < -0.39 is 0 Å². The largest absolute Gasteiger partial charge is 0.497 e. The Morgan fingerprint density at radius 1 is 1.29 bits per heavy atom. The number of nitrogens with one attached hydrogen (secondary N) is 1. The molecular formula is C17H22FNO2. The summed E-state index contributed by atoms with van der Waals surface area (Å²) in [5.74, 6) is 1.27. The summed E-state index contributed by atoms with van der Waals surface area (Å²) in [4.78, 5) is 0. The van der Waals surface area contributed by atoms with Crippen molar-refractivity contribution in [1.29, 1.82) is 0 Å². The molecule has 0 radical (unpaired) electrons. The molecule has 0 saturated carbocycles. The fourth-order valence-corrected chi connectivity index (χ4v) is 2.40. The first-order valence-electron chi connectivity index (χ1n) is 7.22. The van der Waals surface area contributed by atoms with E-state index in [1.165, 1.54) is 13.2 Å². The van der Waals surface area contributed by atoms with E-state index in [1.54, 1.807) is 18.4 Å². The quantitative estimate of drug-likeness (QED) is 0.834. The zero-order valence-corrected chi connectivity index (χ0v) is 12.7. The van der Waals surface area contributed by atoms with E-state index in [4.69, 9.17) is 9.15 Å². The molecule has 3 nitrogen and oxygen atoms in total. The van der Waals surface area contributed by atoms with Gasteiger partial charge in [0, 0.05) is 30.1 Å². The van der Waals surface area contributed by atoms with Crippen LogP contribution in [0.4, 0.5) is 4.39 Å². The third kappa shape index (κ3) is 4.33. The Morgan fingerprint density at radius 3 is 2.71 bits per heavy atom. The molecule has 1 aromatic heterocycles. The first-order valence-corrected chi connectivity index (χ1v) is 7.22. The second-order valence-electron chi connectivity index (χ2n) is 5.29. The highest BCUT2D eigenvalue weighted by Gasteiger charge is 2.14. The zero-order chi connectivity index (χ0) is 15.2. The highest BCUT2D eigenvalue weighted by Crippen LogP contribution is 2.22. The molecule has 2 rings (SSSR count). The van der Waals surface area contributed by atoms with Gasteiger partial charge in [-0.15, -0.1) is 0 Å². The van der Waals surface area contributed by atoms with Gasteiger partial charge in [-0.2, -0.15) is 0 Å². The number of benzene rings is 1. The molecule has 2 aromatic rings. The maximum Gasteiger partial charge on any atom is 0.131 e. The first-order chi connectivity index (χ1) is 10.1. The van der Waals surface area contributed by atoms with Crippen LogP contribution < -0.4 is 10.1 Å². The molecule has 0 fully saturated rings. The van der Waals surface area contributed by atoms with Crippen LogP contribution in [-0.2, 0) is 6.42 Å². The minimum atomic E-state index is -0.243. The van der Waals surface area contributed by atoms with Gasteiger partial charge in [0.15, 0.2) is 0 Å². The van der Waals surface area contributed by atoms with Gasteiger partial charge >= 0.3 is 0 Å². The predicted molar refractivity (Wildman–Crippen MR) is 81.0 cm³/mol. The molecule has 4 heteroatoms. The smallest absolute Gasteiger partial charge is 0.131 e. The maximum absolute atomic E-state index is 14.0. The van der Waals surface area contributed by atoms with Crippen LogP contribution in [0, 0.1) is 5.82 Å². The average molecular weight is 291 g/mol. The van der Waals surface area contributed by atoms with Crippen molar-refractivity contribution in [2.24, 2.45) is 0 Å². The van der Waals surface area contributed by atoms with Gasteiger partial charge in [0.2, 0.25) is 0 Å². The molecule has 1 aromatic carbocycles. The second-order valence-corrected chi connectivity index (χ2v) is 5.29. The Hall–Kier alpha value is -1.81. The van der Waals surface area contributed by atoms with Crippen molar-refractivity contribution in [3.63, 3.8) is 0 Å². The zero-order valence-electron chi connectivity index (χ0n) is 12.7. The minimum absolute atomic E-state index is 0.0532. The molecule has 1 heterocycles. The van der Waals surface area contributed by atoms with Crippen LogP contribution in [0.3, 0.4) is 0 Å². The van der Waals surface area contributed by atoms with Crippen molar-refractivity contribution < 1.29 is 13.5 Å². The van der Waals surface area contributed by atoms with Crippen molar-refractivity contribution >= 4 is 0 Å². The number of methoxy groups -OCH3 is 1. The normalized spacial score (nSPS) is 13.9. The van der Waals surface area contributed by atoms with Crippen molar-refractivity contribution in [3.05, 3.63) is 53.7 Å². The summed E-state index contributed by atoms with van der Waals surface area (Å²) in [7, 11) is 1.53. The molecule has 0 aliphatic carbocycles.